The van der Waals surface area contributed by atoms with Crippen LogP contribution in [0.3, 0.4) is 0 Å². The van der Waals surface area contributed by atoms with E-state index in [2.05, 4.69) is 10.3 Å². The predicted octanol–water partition coefficient (Wildman–Crippen LogP) is 3.44. The van der Waals surface area contributed by atoms with E-state index in [1.807, 2.05) is 36.4 Å². The van der Waals surface area contributed by atoms with Crippen LogP contribution in [-0.2, 0) is 0 Å². The fourth-order valence-corrected chi connectivity index (χ4v) is 3.26. The lowest BCUT2D eigenvalue weighted by atomic mass is 10.1. The number of fused-ring (bicyclic) bond motifs is 3. The van der Waals surface area contributed by atoms with Gasteiger partial charge in [0, 0.05) is 38.1 Å². The van der Waals surface area contributed by atoms with E-state index < -0.39 is 19.2 Å². The van der Waals surface area contributed by atoms with Crippen LogP contribution in [0.4, 0.5) is 0 Å². The third-order valence-corrected chi connectivity index (χ3v) is 4.71. The summed E-state index contributed by atoms with van der Waals surface area (Å²) in [5.41, 5.74) is 1.85. The standard InChI is InChI=1S/C24H26N2O5/c1-29-23-13-16(27)9-10-21(23)30-12-11-25-14-17(28)15-31-22-8-4-7-20-24(22)18-5-2-3-6-19(18)26-20/h2-10,13,17,25-28H,11-12,14-15H2,1H3/t17-/m1/s1/i11D2,12D2. The van der Waals surface area contributed by atoms with E-state index in [-0.39, 0.29) is 30.4 Å². The van der Waals surface area contributed by atoms with E-state index in [1.54, 1.807) is 6.07 Å². The number of hydrogen-bond donors (Lipinski definition) is 4. The molecular formula is C24H26N2O5. The summed E-state index contributed by atoms with van der Waals surface area (Å²) in [4.78, 5) is 3.32. The maximum Gasteiger partial charge on any atom is 0.164 e. The van der Waals surface area contributed by atoms with Crippen molar-refractivity contribution in [2.45, 2.75) is 6.10 Å². The van der Waals surface area contributed by atoms with Crippen LogP contribution in [-0.4, -0.2) is 54.6 Å². The summed E-state index contributed by atoms with van der Waals surface area (Å²) < 4.78 is 48.6. The normalized spacial score (nSPS) is 15.0. The van der Waals surface area contributed by atoms with Crippen molar-refractivity contribution in [3.05, 3.63) is 60.7 Å². The van der Waals surface area contributed by atoms with Crippen LogP contribution in [0, 0.1) is 0 Å². The molecule has 31 heavy (non-hydrogen) atoms. The van der Waals surface area contributed by atoms with Crippen LogP contribution >= 0.6 is 0 Å². The largest absolute Gasteiger partial charge is 0.508 e. The first kappa shape index (κ1) is 16.3. The number of aromatic amines is 1. The molecule has 0 aliphatic carbocycles. The van der Waals surface area contributed by atoms with Gasteiger partial charge in [-0.05, 0) is 30.3 Å². The first-order chi connectivity index (χ1) is 16.6. The van der Waals surface area contributed by atoms with Gasteiger partial charge >= 0.3 is 0 Å². The van der Waals surface area contributed by atoms with Crippen molar-refractivity contribution >= 4 is 21.8 Å². The molecule has 0 unspecified atom stereocenters. The van der Waals surface area contributed by atoms with Crippen molar-refractivity contribution in [3.8, 4) is 23.0 Å². The molecule has 4 rings (SSSR count). The molecule has 7 nitrogen and oxygen atoms in total. The average Bonchev–Trinajstić information content (AvgIpc) is 3.21. The molecule has 1 heterocycles. The summed E-state index contributed by atoms with van der Waals surface area (Å²) in [5.74, 6) is 0.420. The van der Waals surface area contributed by atoms with Gasteiger partial charge in [-0.2, -0.15) is 0 Å². The maximum absolute atomic E-state index is 10.4. The number of rotatable bonds is 10. The summed E-state index contributed by atoms with van der Waals surface area (Å²) in [6.45, 7) is -5.97. The van der Waals surface area contributed by atoms with Crippen LogP contribution in [0.1, 0.15) is 5.48 Å². The smallest absolute Gasteiger partial charge is 0.164 e. The van der Waals surface area contributed by atoms with E-state index >= 15 is 0 Å². The number of nitrogens with one attached hydrogen (secondary N) is 2. The highest BCUT2D eigenvalue weighted by atomic mass is 16.5. The number of phenols is 1. The van der Waals surface area contributed by atoms with E-state index in [0.29, 0.717) is 5.75 Å². The first-order valence-electron chi connectivity index (χ1n) is 11.7. The molecule has 162 valence electrons. The Morgan fingerprint density at radius 2 is 1.84 bits per heavy atom. The lowest BCUT2D eigenvalue weighted by Gasteiger charge is -2.15. The van der Waals surface area contributed by atoms with Gasteiger partial charge in [-0.15, -0.1) is 0 Å². The number of hydrogen-bond acceptors (Lipinski definition) is 6. The number of phenolic OH excluding ortho intramolecular Hbond substituents is 1. The van der Waals surface area contributed by atoms with Gasteiger partial charge in [0.05, 0.1) is 15.4 Å². The predicted molar refractivity (Wildman–Crippen MR) is 120 cm³/mol. The van der Waals surface area contributed by atoms with Crippen LogP contribution < -0.4 is 19.5 Å². The molecule has 1 atom stereocenters. The van der Waals surface area contributed by atoms with Gasteiger partial charge < -0.3 is 34.7 Å². The molecule has 0 aliphatic heterocycles. The molecule has 4 N–H and O–H groups in total. The Kier molecular flexibility index (Phi) is 5.04. The van der Waals surface area contributed by atoms with Crippen LogP contribution in [0.25, 0.3) is 21.8 Å². The number of aromatic hydroxyl groups is 1. The average molecular weight is 427 g/mol. The molecule has 3 aromatic carbocycles. The Morgan fingerprint density at radius 1 is 1.00 bits per heavy atom. The van der Waals surface area contributed by atoms with Crippen LogP contribution in [0.5, 0.6) is 23.0 Å². The van der Waals surface area contributed by atoms with Gasteiger partial charge in [-0.1, -0.05) is 24.3 Å². The minimum atomic E-state index is -2.84. The Hall–Kier alpha value is -3.42. The van der Waals surface area contributed by atoms with Gasteiger partial charge in [0.1, 0.15) is 30.8 Å². The zero-order chi connectivity index (χ0) is 25.2. The summed E-state index contributed by atoms with van der Waals surface area (Å²) >= 11 is 0. The second kappa shape index (κ2) is 9.59. The van der Waals surface area contributed by atoms with Gasteiger partial charge in [0.2, 0.25) is 0 Å². The zero-order valence-electron chi connectivity index (χ0n) is 20.9. The van der Waals surface area contributed by atoms with E-state index in [0.717, 1.165) is 21.8 Å². The number of methoxy groups -OCH3 is 1. The number of para-hydroxylation sites is 1. The highest BCUT2D eigenvalue weighted by Gasteiger charge is 2.11. The molecule has 0 amide bonds. The highest BCUT2D eigenvalue weighted by molar-refractivity contribution is 6.10. The molecule has 0 saturated heterocycles. The fraction of sp³-hybridized carbons (Fsp3) is 0.250. The van der Waals surface area contributed by atoms with E-state index in [1.165, 1.54) is 25.3 Å². The molecule has 0 saturated carbocycles. The minimum absolute atomic E-state index is 0.0459. The quantitative estimate of drug-likeness (QED) is 0.310. The second-order valence-corrected chi connectivity index (χ2v) is 6.86. The molecule has 0 radical (unpaired) electrons. The topological polar surface area (TPSA) is 96.0 Å². The van der Waals surface area contributed by atoms with Gasteiger partial charge in [0.25, 0.3) is 0 Å². The number of aliphatic hydroxyl groups is 1. The molecule has 0 fully saturated rings. The SMILES string of the molecule is [2H]C([2H])(NC[C@@H](O)COc1cccc2[nH]c3ccccc3c12)C([2H])([2H])Oc1ccc(O)cc1OC. The Bertz CT molecular complexity index is 1330. The molecule has 0 spiro atoms. The van der Waals surface area contributed by atoms with Gasteiger partial charge in [-0.25, -0.2) is 0 Å². The number of aliphatic hydroxyl groups excluding tert-OH is 1. The van der Waals surface area contributed by atoms with Crippen LogP contribution in [0.2, 0.25) is 0 Å². The van der Waals surface area contributed by atoms with Crippen molar-refractivity contribution in [2.75, 3.05) is 33.3 Å². The fourth-order valence-electron chi connectivity index (χ4n) is 3.26. The van der Waals surface area contributed by atoms with E-state index in [9.17, 15) is 10.2 Å². The number of aromatic nitrogens is 1. The van der Waals surface area contributed by atoms with E-state index in [4.69, 9.17) is 19.7 Å². The summed E-state index contributed by atoms with van der Waals surface area (Å²) in [6, 6.07) is 17.1. The summed E-state index contributed by atoms with van der Waals surface area (Å²) in [5, 5.41) is 24.2. The lowest BCUT2D eigenvalue weighted by Crippen LogP contribution is -2.33. The van der Waals surface area contributed by atoms with Gasteiger partial charge in [-0.3, -0.25) is 0 Å². The lowest BCUT2D eigenvalue weighted by molar-refractivity contribution is 0.106. The Morgan fingerprint density at radius 3 is 2.71 bits per heavy atom. The third kappa shape index (κ3) is 4.84. The Balaban J connectivity index is 1.39. The minimum Gasteiger partial charge on any atom is -0.508 e. The monoisotopic (exact) mass is 426 g/mol. The third-order valence-electron chi connectivity index (χ3n) is 4.71. The molecule has 4 aromatic rings. The summed E-state index contributed by atoms with van der Waals surface area (Å²) in [6.07, 6.45) is -1.13. The maximum atomic E-state index is 10.4. The first-order valence-corrected chi connectivity index (χ1v) is 9.72. The molecule has 1 aromatic heterocycles. The molecule has 7 heteroatoms. The van der Waals surface area contributed by atoms with Crippen molar-refractivity contribution in [1.29, 1.82) is 0 Å². The molecular weight excluding hydrogens is 396 g/mol. The van der Waals surface area contributed by atoms with Crippen LogP contribution in [0.15, 0.2) is 60.7 Å². The summed E-state index contributed by atoms with van der Waals surface area (Å²) in [7, 11) is 1.32. The van der Waals surface area contributed by atoms with Crippen molar-refractivity contribution in [3.63, 3.8) is 0 Å². The zero-order valence-corrected chi connectivity index (χ0v) is 16.9. The number of ether oxygens (including phenoxy) is 3. The molecule has 0 bridgehead atoms. The van der Waals surface area contributed by atoms with Gasteiger partial charge in [0.15, 0.2) is 11.5 Å². The number of benzene rings is 3. The highest BCUT2D eigenvalue weighted by Crippen LogP contribution is 2.33. The van der Waals surface area contributed by atoms with Crippen molar-refractivity contribution < 1.29 is 29.9 Å². The number of H-pyrrole nitrogens is 1. The second-order valence-electron chi connectivity index (χ2n) is 6.86. The molecule has 0 aliphatic rings. The van der Waals surface area contributed by atoms with Crippen molar-refractivity contribution in [2.24, 2.45) is 0 Å². The van der Waals surface area contributed by atoms with Crippen molar-refractivity contribution in [1.82, 2.24) is 10.3 Å². The Labute approximate surface area is 185 Å².